The van der Waals surface area contributed by atoms with E-state index in [2.05, 4.69) is 4.98 Å². The number of hydrogen-bond donors (Lipinski definition) is 0. The van der Waals surface area contributed by atoms with Crippen LogP contribution < -0.4 is 4.90 Å². The summed E-state index contributed by atoms with van der Waals surface area (Å²) in [6, 6.07) is 3.80. The van der Waals surface area contributed by atoms with E-state index in [1.807, 2.05) is 36.0 Å². The second kappa shape index (κ2) is 6.99. The number of amides is 1. The van der Waals surface area contributed by atoms with E-state index < -0.39 is 0 Å². The Morgan fingerprint density at radius 2 is 2.08 bits per heavy atom. The number of nitrogens with zero attached hydrogens (tertiary/aromatic N) is 5. The lowest BCUT2D eigenvalue weighted by Gasteiger charge is -2.32. The van der Waals surface area contributed by atoms with Crippen LogP contribution in [0.25, 0.3) is 11.4 Å². The van der Waals surface area contributed by atoms with Gasteiger partial charge in [0, 0.05) is 50.8 Å². The molecule has 0 unspecified atom stereocenters. The van der Waals surface area contributed by atoms with Crippen LogP contribution in [0.1, 0.15) is 24.1 Å². The van der Waals surface area contributed by atoms with Gasteiger partial charge in [-0.15, -0.1) is 0 Å². The van der Waals surface area contributed by atoms with Gasteiger partial charge < -0.3 is 14.5 Å². The molecule has 1 fully saturated rings. The van der Waals surface area contributed by atoms with E-state index in [-0.39, 0.29) is 12.0 Å². The van der Waals surface area contributed by atoms with E-state index in [0.29, 0.717) is 25.5 Å². The number of fused-ring (bicyclic) bond motifs is 1. The third kappa shape index (κ3) is 3.14. The van der Waals surface area contributed by atoms with Gasteiger partial charge in [0.25, 0.3) is 5.91 Å². The van der Waals surface area contributed by atoms with Crippen molar-refractivity contribution in [3.8, 4) is 11.4 Å². The number of rotatable bonds is 3. The molecule has 7 nitrogen and oxygen atoms in total. The summed E-state index contributed by atoms with van der Waals surface area (Å²) in [5.41, 5.74) is 2.98. The van der Waals surface area contributed by atoms with Crippen molar-refractivity contribution in [2.24, 2.45) is 0 Å². The molecule has 0 aliphatic carbocycles. The van der Waals surface area contributed by atoms with Gasteiger partial charge in [-0.3, -0.25) is 9.78 Å². The molecule has 0 bridgehead atoms. The molecule has 2 aromatic heterocycles. The van der Waals surface area contributed by atoms with Crippen LogP contribution in [0.2, 0.25) is 0 Å². The maximum Gasteiger partial charge on any atom is 0.252 e. The molecular formula is C19H23N5O2. The van der Waals surface area contributed by atoms with Crippen molar-refractivity contribution < 1.29 is 9.53 Å². The standard InChI is InChI=1S/C19H23N5O2/c1-23(2)18-14-7-10-24(19(25)16-4-3-11-26-16)12-15(14)21-17(22-18)13-5-8-20-9-6-13/h5-6,8-9,16H,3-4,7,10-12H2,1-2H3/t16-/m1/s1. The quantitative estimate of drug-likeness (QED) is 0.836. The maximum absolute atomic E-state index is 12.7. The predicted molar refractivity (Wildman–Crippen MR) is 97.7 cm³/mol. The molecule has 1 amide bonds. The lowest BCUT2D eigenvalue weighted by Crippen LogP contribution is -2.42. The van der Waals surface area contributed by atoms with Crippen molar-refractivity contribution in [1.82, 2.24) is 19.9 Å². The van der Waals surface area contributed by atoms with Crippen LogP contribution in [-0.2, 0) is 22.5 Å². The normalized spacial score (nSPS) is 19.3. The number of aromatic nitrogens is 3. The Balaban J connectivity index is 1.68. The number of hydrogen-bond acceptors (Lipinski definition) is 6. The first-order valence-corrected chi connectivity index (χ1v) is 9.01. The zero-order valence-electron chi connectivity index (χ0n) is 15.2. The van der Waals surface area contributed by atoms with Gasteiger partial charge in [0.2, 0.25) is 0 Å². The second-order valence-corrected chi connectivity index (χ2v) is 6.94. The molecule has 2 aromatic rings. The van der Waals surface area contributed by atoms with Gasteiger partial charge >= 0.3 is 0 Å². The van der Waals surface area contributed by atoms with E-state index in [4.69, 9.17) is 14.7 Å². The number of carbonyl (C=O) groups excluding carboxylic acids is 1. The summed E-state index contributed by atoms with van der Waals surface area (Å²) in [7, 11) is 3.98. The molecule has 4 heterocycles. The topological polar surface area (TPSA) is 71.5 Å². The predicted octanol–water partition coefficient (Wildman–Crippen LogP) is 1.67. The average Bonchev–Trinajstić information content (AvgIpc) is 3.21. The second-order valence-electron chi connectivity index (χ2n) is 6.94. The fraction of sp³-hybridized carbons (Fsp3) is 0.474. The highest BCUT2D eigenvalue weighted by molar-refractivity contribution is 5.81. The van der Waals surface area contributed by atoms with Crippen molar-refractivity contribution in [2.45, 2.75) is 31.9 Å². The monoisotopic (exact) mass is 353 g/mol. The Kier molecular flexibility index (Phi) is 4.55. The van der Waals surface area contributed by atoms with Crippen molar-refractivity contribution in [3.63, 3.8) is 0 Å². The zero-order valence-corrected chi connectivity index (χ0v) is 15.2. The van der Waals surface area contributed by atoms with Gasteiger partial charge in [-0.2, -0.15) is 0 Å². The van der Waals surface area contributed by atoms with Crippen LogP contribution in [0.4, 0.5) is 5.82 Å². The smallest absolute Gasteiger partial charge is 0.252 e. The largest absolute Gasteiger partial charge is 0.368 e. The Morgan fingerprint density at radius 3 is 2.77 bits per heavy atom. The minimum Gasteiger partial charge on any atom is -0.368 e. The molecule has 0 N–H and O–H groups in total. The van der Waals surface area contributed by atoms with Crippen LogP contribution in [0, 0.1) is 0 Å². The van der Waals surface area contributed by atoms with Crippen molar-refractivity contribution >= 4 is 11.7 Å². The zero-order chi connectivity index (χ0) is 18.1. The lowest BCUT2D eigenvalue weighted by molar-refractivity contribution is -0.141. The summed E-state index contributed by atoms with van der Waals surface area (Å²) in [6.45, 7) is 1.87. The Morgan fingerprint density at radius 1 is 1.27 bits per heavy atom. The summed E-state index contributed by atoms with van der Waals surface area (Å²) in [5.74, 6) is 1.68. The first kappa shape index (κ1) is 16.9. The molecule has 136 valence electrons. The Hall–Kier alpha value is -2.54. The van der Waals surface area contributed by atoms with E-state index in [1.165, 1.54) is 0 Å². The molecule has 0 saturated carbocycles. The van der Waals surface area contributed by atoms with E-state index in [0.717, 1.165) is 41.9 Å². The number of anilines is 1. The van der Waals surface area contributed by atoms with Gasteiger partial charge in [0.15, 0.2) is 5.82 Å². The first-order valence-electron chi connectivity index (χ1n) is 9.01. The summed E-state index contributed by atoms with van der Waals surface area (Å²) >= 11 is 0. The third-order valence-corrected chi connectivity index (χ3v) is 4.92. The number of carbonyl (C=O) groups is 1. The van der Waals surface area contributed by atoms with E-state index in [1.54, 1.807) is 12.4 Å². The molecular weight excluding hydrogens is 330 g/mol. The lowest BCUT2D eigenvalue weighted by atomic mass is 10.0. The molecule has 1 atom stereocenters. The van der Waals surface area contributed by atoms with Crippen LogP contribution in [-0.4, -0.2) is 59.1 Å². The van der Waals surface area contributed by atoms with Gasteiger partial charge in [-0.1, -0.05) is 0 Å². The molecule has 2 aliphatic heterocycles. The van der Waals surface area contributed by atoms with Gasteiger partial charge in [0.05, 0.1) is 12.2 Å². The van der Waals surface area contributed by atoms with Crippen molar-refractivity contribution in [1.29, 1.82) is 0 Å². The Labute approximate surface area is 153 Å². The minimum atomic E-state index is -0.286. The third-order valence-electron chi connectivity index (χ3n) is 4.92. The molecule has 0 radical (unpaired) electrons. The highest BCUT2D eigenvalue weighted by Gasteiger charge is 2.32. The van der Waals surface area contributed by atoms with E-state index in [9.17, 15) is 4.79 Å². The van der Waals surface area contributed by atoms with Crippen LogP contribution in [0.5, 0.6) is 0 Å². The average molecular weight is 353 g/mol. The maximum atomic E-state index is 12.7. The van der Waals surface area contributed by atoms with Crippen molar-refractivity contribution in [2.75, 3.05) is 32.1 Å². The van der Waals surface area contributed by atoms with E-state index >= 15 is 0 Å². The van der Waals surface area contributed by atoms with Crippen LogP contribution >= 0.6 is 0 Å². The highest BCUT2D eigenvalue weighted by Crippen LogP contribution is 2.29. The summed E-state index contributed by atoms with van der Waals surface area (Å²) in [4.78, 5) is 30.2. The molecule has 4 rings (SSSR count). The molecule has 1 saturated heterocycles. The van der Waals surface area contributed by atoms with Gasteiger partial charge in [-0.25, -0.2) is 9.97 Å². The fourth-order valence-corrected chi connectivity index (χ4v) is 3.57. The van der Waals surface area contributed by atoms with Crippen LogP contribution in [0.15, 0.2) is 24.5 Å². The molecule has 0 spiro atoms. The molecule has 0 aromatic carbocycles. The number of pyridine rings is 1. The summed E-state index contributed by atoms with van der Waals surface area (Å²) in [6.07, 6.45) is 5.72. The first-order chi connectivity index (χ1) is 12.6. The van der Waals surface area contributed by atoms with Crippen LogP contribution in [0.3, 0.4) is 0 Å². The number of ether oxygens (including phenoxy) is 1. The molecule has 7 heteroatoms. The summed E-state index contributed by atoms with van der Waals surface area (Å²) in [5, 5.41) is 0. The fourth-order valence-electron chi connectivity index (χ4n) is 3.57. The SMILES string of the molecule is CN(C)c1nc(-c2ccncc2)nc2c1CCN(C(=O)[C@H]1CCCO1)C2. The Bertz CT molecular complexity index is 803. The van der Waals surface area contributed by atoms with Gasteiger partial charge in [0.1, 0.15) is 11.9 Å². The van der Waals surface area contributed by atoms with Gasteiger partial charge in [-0.05, 0) is 31.4 Å². The molecule has 26 heavy (non-hydrogen) atoms. The summed E-state index contributed by atoms with van der Waals surface area (Å²) < 4.78 is 5.57. The molecule has 2 aliphatic rings. The highest BCUT2D eigenvalue weighted by atomic mass is 16.5. The minimum absolute atomic E-state index is 0.0867. The van der Waals surface area contributed by atoms with Crippen molar-refractivity contribution in [3.05, 3.63) is 35.8 Å².